The van der Waals surface area contributed by atoms with Crippen molar-refractivity contribution in [3.05, 3.63) is 183 Å². The standard InChI is InChI=1S/C56H34B2N4OS4/c1-59-31-61(44-11-5-3-9-42(44)59)36-19-23-49-40(28-36)57-38-25-33(17-21-47(38)64-51-13-7-15-53(66-49)55(51)57)35-27-46(63-30-35)34-18-22-48-39(26-34)58-41-29-37(62-32-60(2)43-10-4-6-12-45(43)62)20-24-50(41)67-54-16-8-14-52(65-48)56(54)58/h3-30H,1-2H3. The predicted molar refractivity (Wildman–Crippen MR) is 275 cm³/mol. The van der Waals surface area contributed by atoms with E-state index in [0.717, 1.165) is 55.9 Å². The van der Waals surface area contributed by atoms with Gasteiger partial charge in [0.15, 0.2) is 0 Å². The molecule has 314 valence electrons. The summed E-state index contributed by atoms with van der Waals surface area (Å²) in [7, 11) is 4.14. The maximum absolute atomic E-state index is 6.57. The van der Waals surface area contributed by atoms with Gasteiger partial charge in [0.1, 0.15) is 5.76 Å². The third-order valence-electron chi connectivity index (χ3n) is 14.0. The highest BCUT2D eigenvalue weighted by molar-refractivity contribution is 8.02. The first-order chi connectivity index (χ1) is 33.0. The van der Waals surface area contributed by atoms with Crippen LogP contribution in [0.5, 0.6) is 0 Å². The Bertz CT molecular complexity index is 3680. The number of hydrogen-bond acceptors (Lipinski definition) is 5. The summed E-state index contributed by atoms with van der Waals surface area (Å²) in [5.74, 6) is 0.870. The van der Waals surface area contributed by atoms with Crippen molar-refractivity contribution in [2.75, 3.05) is 0 Å². The number of hydrogen-bond donors (Lipinski definition) is 0. The molecule has 0 amide bonds. The van der Waals surface area contributed by atoms with Crippen LogP contribution in [0.4, 0.5) is 0 Å². The molecular formula is C56H34B2N4OS4. The van der Waals surface area contributed by atoms with Crippen molar-refractivity contribution in [1.29, 1.82) is 0 Å². The second-order valence-corrected chi connectivity index (χ2v) is 22.1. The van der Waals surface area contributed by atoms with Crippen LogP contribution in [0.1, 0.15) is 0 Å². The lowest BCUT2D eigenvalue weighted by Crippen LogP contribution is -2.58. The van der Waals surface area contributed by atoms with Crippen LogP contribution in [0.3, 0.4) is 0 Å². The Kier molecular flexibility index (Phi) is 8.36. The van der Waals surface area contributed by atoms with Crippen molar-refractivity contribution in [2.24, 2.45) is 14.1 Å². The first kappa shape index (κ1) is 38.6. The Morgan fingerprint density at radius 1 is 0.418 bits per heavy atom. The van der Waals surface area contributed by atoms with Gasteiger partial charge in [-0.2, -0.15) is 0 Å². The van der Waals surface area contributed by atoms with Crippen molar-refractivity contribution in [3.63, 3.8) is 0 Å². The quantitative estimate of drug-likeness (QED) is 0.100. The number of furan rings is 1. The topological polar surface area (TPSA) is 30.8 Å². The molecule has 0 unspecified atom stereocenters. The first-order valence-electron chi connectivity index (χ1n) is 22.4. The Hall–Kier alpha value is -6.49. The minimum atomic E-state index is 0.0866. The fourth-order valence-corrected chi connectivity index (χ4v) is 15.6. The van der Waals surface area contributed by atoms with Gasteiger partial charge >= 0.3 is 0 Å². The van der Waals surface area contributed by atoms with E-state index < -0.39 is 0 Å². The van der Waals surface area contributed by atoms with Gasteiger partial charge in [0.2, 0.25) is 26.1 Å². The highest BCUT2D eigenvalue weighted by Gasteiger charge is 2.40. The summed E-state index contributed by atoms with van der Waals surface area (Å²) in [6.45, 7) is 0.184. The summed E-state index contributed by atoms with van der Waals surface area (Å²) in [5, 5.41) is 0. The molecule has 11 aromatic rings. The molecule has 3 aromatic heterocycles. The average Bonchev–Trinajstić information content (AvgIpc) is 4.09. The molecule has 0 atom stereocenters. The summed E-state index contributed by atoms with van der Waals surface area (Å²) in [6, 6.07) is 60.7. The van der Waals surface area contributed by atoms with Crippen LogP contribution in [0.15, 0.2) is 214 Å². The summed E-state index contributed by atoms with van der Waals surface area (Å²) in [6.07, 6.45) is 9.10. The number of rotatable bonds is 4. The zero-order valence-electron chi connectivity index (χ0n) is 36.2. The molecule has 67 heavy (non-hydrogen) atoms. The van der Waals surface area contributed by atoms with E-state index in [-0.39, 0.29) is 13.4 Å². The van der Waals surface area contributed by atoms with Crippen LogP contribution in [-0.2, 0) is 14.1 Å². The summed E-state index contributed by atoms with van der Waals surface area (Å²) in [5.41, 5.74) is 18.3. The third kappa shape index (κ3) is 5.78. The SMILES string of the molecule is C[n+]1[c-]n(-c2ccc3c(c2)B2c4cc(-c5coc(-c6ccc7c(c6)B6c8cc(-n9[c-][n+](C)c%10ccccc%109)ccc8Sc8cccc(c86)S7)c5)ccc4Sc4cccc(c42)S3)c2ccccc21. The van der Waals surface area contributed by atoms with E-state index in [0.29, 0.717) is 0 Å². The number of nitrogens with zero attached hydrogens (tertiary/aromatic N) is 4. The Labute approximate surface area is 405 Å². The van der Waals surface area contributed by atoms with E-state index in [1.54, 1.807) is 0 Å². The minimum absolute atomic E-state index is 0.0866. The maximum Gasteiger partial charge on any atom is 0.246 e. The Balaban J connectivity index is 0.818. The lowest BCUT2D eigenvalue weighted by Gasteiger charge is -2.33. The monoisotopic (exact) mass is 928 g/mol. The summed E-state index contributed by atoms with van der Waals surface area (Å²) >= 11 is 7.55. The lowest BCUT2D eigenvalue weighted by atomic mass is 9.36. The van der Waals surface area contributed by atoms with Crippen molar-refractivity contribution in [1.82, 2.24) is 9.13 Å². The number of fused-ring (bicyclic) bond motifs is 10. The molecular weight excluding hydrogens is 895 g/mol. The largest absolute Gasteiger partial charge is 0.464 e. The fourth-order valence-electron chi connectivity index (χ4n) is 10.9. The van der Waals surface area contributed by atoms with E-state index in [4.69, 9.17) is 4.42 Å². The lowest BCUT2D eigenvalue weighted by molar-refractivity contribution is -0.649. The number of para-hydroxylation sites is 4. The molecule has 0 spiro atoms. The van der Waals surface area contributed by atoms with E-state index in [9.17, 15) is 0 Å². The van der Waals surface area contributed by atoms with Gasteiger partial charge in [-0.3, -0.25) is 0 Å². The van der Waals surface area contributed by atoms with Crippen molar-refractivity contribution in [2.45, 2.75) is 39.2 Å². The number of benzene rings is 8. The molecule has 4 aliphatic heterocycles. The molecule has 4 aliphatic rings. The number of aromatic nitrogens is 4. The average molecular weight is 929 g/mol. The smallest absolute Gasteiger partial charge is 0.246 e. The van der Waals surface area contributed by atoms with Gasteiger partial charge in [-0.15, -0.1) is 0 Å². The highest BCUT2D eigenvalue weighted by atomic mass is 32.2. The molecule has 8 aromatic carbocycles. The van der Waals surface area contributed by atoms with Gasteiger partial charge in [0, 0.05) is 50.3 Å². The van der Waals surface area contributed by atoms with Crippen LogP contribution in [0.2, 0.25) is 0 Å². The molecule has 11 heteroatoms. The van der Waals surface area contributed by atoms with E-state index >= 15 is 0 Å². The molecule has 15 rings (SSSR count). The van der Waals surface area contributed by atoms with Gasteiger partial charge in [0.05, 0.1) is 53.8 Å². The van der Waals surface area contributed by atoms with Gasteiger partial charge < -0.3 is 22.7 Å². The second kappa shape index (κ2) is 14.5. The second-order valence-electron chi connectivity index (χ2n) is 17.7. The predicted octanol–water partition coefficient (Wildman–Crippen LogP) is 8.64. The number of aryl methyl sites for hydroxylation is 2. The molecule has 0 N–H and O–H groups in total. The molecule has 0 bridgehead atoms. The minimum Gasteiger partial charge on any atom is -0.464 e. The first-order valence-corrected chi connectivity index (χ1v) is 25.7. The summed E-state index contributed by atoms with van der Waals surface area (Å²) < 4.78 is 15.1. The molecule has 0 saturated carbocycles. The van der Waals surface area contributed by atoms with Crippen molar-refractivity contribution >= 4 is 115 Å². The van der Waals surface area contributed by atoms with Gasteiger partial charge in [-0.1, -0.05) is 190 Å². The molecule has 0 saturated heterocycles. The van der Waals surface area contributed by atoms with Gasteiger partial charge in [-0.05, 0) is 59.0 Å². The molecule has 0 radical (unpaired) electrons. The van der Waals surface area contributed by atoms with Gasteiger partial charge in [-0.25, -0.2) is 0 Å². The molecule has 7 heterocycles. The summed E-state index contributed by atoms with van der Waals surface area (Å²) in [4.78, 5) is 10.5. The number of imidazole rings is 2. The van der Waals surface area contributed by atoms with Crippen LogP contribution in [0.25, 0.3) is 55.9 Å². The van der Waals surface area contributed by atoms with Crippen LogP contribution in [-0.4, -0.2) is 22.6 Å². The molecule has 0 aliphatic carbocycles. The zero-order chi connectivity index (χ0) is 44.1. The maximum atomic E-state index is 6.57. The normalized spacial score (nSPS) is 13.8. The van der Waals surface area contributed by atoms with E-state index in [2.05, 4.69) is 209 Å². The Morgan fingerprint density at radius 3 is 1.36 bits per heavy atom. The highest BCUT2D eigenvalue weighted by Crippen LogP contribution is 2.42. The van der Waals surface area contributed by atoms with E-state index in [1.165, 1.54) is 71.9 Å². The molecule has 5 nitrogen and oxygen atoms in total. The zero-order valence-corrected chi connectivity index (χ0v) is 39.4. The third-order valence-corrected chi connectivity index (χ3v) is 18.6. The Morgan fingerprint density at radius 2 is 0.851 bits per heavy atom. The van der Waals surface area contributed by atoms with Crippen LogP contribution < -0.4 is 41.9 Å². The van der Waals surface area contributed by atoms with E-state index in [1.807, 2.05) is 53.3 Å². The van der Waals surface area contributed by atoms with Crippen LogP contribution >= 0.6 is 47.0 Å². The van der Waals surface area contributed by atoms with Crippen LogP contribution in [0, 0.1) is 12.7 Å². The van der Waals surface area contributed by atoms with Crippen molar-refractivity contribution in [3.8, 4) is 33.8 Å². The van der Waals surface area contributed by atoms with Gasteiger partial charge in [0.25, 0.3) is 0 Å². The fraction of sp³-hybridized carbons (Fsp3) is 0.0357. The van der Waals surface area contributed by atoms with Crippen molar-refractivity contribution < 1.29 is 13.6 Å². The molecule has 0 fully saturated rings.